The monoisotopic (exact) mass is 909 g/mol. The SMILES string of the molecule is CCc1cccc2cc(O)cc(-c3ncc4c(N5CC6CCC(C5)N6)nc(OCCN5CCC(CC6CCN(c7cccc8c7CN(C7CCC(=O)N(C)C7=O)C8=O)CC6)CC5)nc4c3F)c12. The predicted octanol–water partition coefficient (Wildman–Crippen LogP) is 6.69. The Labute approximate surface area is 390 Å². The summed E-state index contributed by atoms with van der Waals surface area (Å²) >= 11 is 0. The second kappa shape index (κ2) is 17.9. The van der Waals surface area contributed by atoms with Crippen LogP contribution in [0.4, 0.5) is 15.9 Å². The van der Waals surface area contributed by atoms with Gasteiger partial charge in [0.05, 0.1) is 5.39 Å². The normalized spacial score (nSPS) is 23.0. The van der Waals surface area contributed by atoms with E-state index in [1.807, 2.05) is 30.3 Å². The summed E-state index contributed by atoms with van der Waals surface area (Å²) in [7, 11) is 1.51. The van der Waals surface area contributed by atoms with Crippen molar-refractivity contribution in [2.45, 2.75) is 95.8 Å². The molecule has 0 radical (unpaired) electrons. The number of aromatic hydroxyl groups is 1. The number of phenols is 1. The van der Waals surface area contributed by atoms with E-state index in [9.17, 15) is 19.5 Å². The van der Waals surface area contributed by atoms with Crippen molar-refractivity contribution in [3.8, 4) is 23.0 Å². The first-order chi connectivity index (χ1) is 32.6. The average molecular weight is 910 g/mol. The first-order valence-electron chi connectivity index (χ1n) is 24.6. The largest absolute Gasteiger partial charge is 0.508 e. The van der Waals surface area contributed by atoms with Crippen LogP contribution in [-0.4, -0.2) is 130 Å². The Morgan fingerprint density at radius 3 is 2.37 bits per heavy atom. The number of ether oxygens (including phenoxy) is 1. The van der Waals surface area contributed by atoms with E-state index in [1.165, 1.54) is 18.4 Å². The van der Waals surface area contributed by atoms with Gasteiger partial charge in [-0.05, 0) is 123 Å². The minimum Gasteiger partial charge on any atom is -0.508 e. The van der Waals surface area contributed by atoms with Gasteiger partial charge in [-0.3, -0.25) is 29.2 Å². The number of imide groups is 1. The average Bonchev–Trinajstić information content (AvgIpc) is 3.87. The summed E-state index contributed by atoms with van der Waals surface area (Å²) < 4.78 is 23.4. The molecule has 11 rings (SSSR count). The quantitative estimate of drug-likeness (QED) is 0.136. The van der Waals surface area contributed by atoms with Gasteiger partial charge in [-0.25, -0.2) is 4.39 Å². The zero-order chi connectivity index (χ0) is 45.9. The van der Waals surface area contributed by atoms with Gasteiger partial charge in [0, 0.05) is 93.4 Å². The molecule has 2 aromatic heterocycles. The molecule has 6 aliphatic rings. The van der Waals surface area contributed by atoms with Crippen LogP contribution < -0.4 is 19.9 Å². The van der Waals surface area contributed by atoms with Crippen molar-refractivity contribution in [2.75, 3.05) is 69.3 Å². The van der Waals surface area contributed by atoms with E-state index >= 15 is 4.39 Å². The summed E-state index contributed by atoms with van der Waals surface area (Å²) in [6, 6.07) is 15.4. The lowest BCUT2D eigenvalue weighted by atomic mass is 9.82. The molecule has 2 N–H and O–H groups in total. The molecule has 5 fully saturated rings. The molecule has 2 bridgehead atoms. The third kappa shape index (κ3) is 8.21. The van der Waals surface area contributed by atoms with Crippen LogP contribution in [0.15, 0.2) is 54.7 Å². The van der Waals surface area contributed by atoms with Crippen LogP contribution in [0.2, 0.25) is 0 Å². The second-order valence-corrected chi connectivity index (χ2v) is 19.8. The minimum absolute atomic E-state index is 0.0521. The molecule has 8 heterocycles. The number of amides is 3. The molecular formula is C52H60FN9O5. The number of hydrogen-bond acceptors (Lipinski definition) is 12. The smallest absolute Gasteiger partial charge is 0.319 e. The lowest BCUT2D eigenvalue weighted by Crippen LogP contribution is -2.53. The number of aromatic nitrogens is 3. The fourth-order valence-corrected chi connectivity index (χ4v) is 12.1. The lowest BCUT2D eigenvalue weighted by molar-refractivity contribution is -0.150. The number of halogens is 1. The molecule has 5 saturated heterocycles. The highest BCUT2D eigenvalue weighted by atomic mass is 19.1. The number of aryl methyl sites for hydroxylation is 1. The van der Waals surface area contributed by atoms with E-state index in [0.717, 1.165) is 118 Å². The number of nitrogens with one attached hydrogen (secondary N) is 1. The van der Waals surface area contributed by atoms with Crippen LogP contribution in [0.5, 0.6) is 11.8 Å². The fourth-order valence-electron chi connectivity index (χ4n) is 12.1. The summed E-state index contributed by atoms with van der Waals surface area (Å²) in [5.41, 5.74) is 4.66. The van der Waals surface area contributed by atoms with Crippen molar-refractivity contribution in [3.63, 3.8) is 0 Å². The number of fused-ring (bicyclic) bond motifs is 5. The number of nitrogens with zero attached hydrogens (tertiary/aromatic N) is 8. The number of likely N-dealkylation sites (tertiary alicyclic amines) is 2. The highest BCUT2D eigenvalue weighted by Gasteiger charge is 2.43. The van der Waals surface area contributed by atoms with Gasteiger partial charge < -0.3 is 29.9 Å². The van der Waals surface area contributed by atoms with E-state index in [0.29, 0.717) is 65.8 Å². The highest BCUT2D eigenvalue weighted by molar-refractivity contribution is 6.06. The maximum Gasteiger partial charge on any atom is 0.319 e. The summed E-state index contributed by atoms with van der Waals surface area (Å²) in [5.74, 6) is 0.866. The second-order valence-electron chi connectivity index (χ2n) is 19.8. The van der Waals surface area contributed by atoms with Crippen LogP contribution in [0, 0.1) is 17.7 Å². The predicted molar refractivity (Wildman–Crippen MR) is 255 cm³/mol. The van der Waals surface area contributed by atoms with Gasteiger partial charge >= 0.3 is 6.01 Å². The Balaban J connectivity index is 0.720. The number of piperazine rings is 1. The molecule has 350 valence electrons. The van der Waals surface area contributed by atoms with Gasteiger partial charge in [-0.1, -0.05) is 31.2 Å². The first-order valence-corrected chi connectivity index (χ1v) is 24.6. The van der Waals surface area contributed by atoms with Gasteiger partial charge in [0.1, 0.15) is 35.4 Å². The van der Waals surface area contributed by atoms with Crippen LogP contribution in [0.1, 0.15) is 86.2 Å². The number of carbonyl (C=O) groups excluding carboxylic acids is 3. The Kier molecular flexibility index (Phi) is 11.7. The van der Waals surface area contributed by atoms with Gasteiger partial charge in [0.2, 0.25) is 5.91 Å². The van der Waals surface area contributed by atoms with E-state index in [4.69, 9.17) is 19.7 Å². The number of carbonyl (C=O) groups is 3. The molecule has 3 aromatic carbocycles. The fraction of sp³-hybridized carbons (Fsp3) is 0.500. The van der Waals surface area contributed by atoms with Gasteiger partial charge in [-0.2, -0.15) is 9.97 Å². The number of phenolic OH excluding ortho intramolecular Hbond substituents is 1. The number of benzene rings is 3. The minimum atomic E-state index is -0.600. The molecule has 3 atom stereocenters. The zero-order valence-corrected chi connectivity index (χ0v) is 38.6. The molecule has 15 heteroatoms. The molecule has 6 aliphatic heterocycles. The summed E-state index contributed by atoms with van der Waals surface area (Å²) in [4.78, 5) is 63.0. The molecule has 67 heavy (non-hydrogen) atoms. The Morgan fingerprint density at radius 1 is 0.866 bits per heavy atom. The Morgan fingerprint density at radius 2 is 1.61 bits per heavy atom. The number of rotatable bonds is 11. The standard InChI is InChI=1S/C52H60FN9O5/c1-3-33-6-4-7-34-25-37(63)26-39(45(33)34)47-46(53)48-40(27-54-47)49(61-28-35-10-11-36(29-61)55-35)57-52(56-48)67-23-22-59-18-14-31(15-19-59)24-32-16-20-60(21-17-32)42-9-5-8-38-41(42)30-62(50(38)65)43-12-13-44(64)58(2)51(43)66/h4-9,25-27,31-32,35-36,43,55,63H,3,10-24,28-30H2,1-2H3. The van der Waals surface area contributed by atoms with Gasteiger partial charge in [-0.15, -0.1) is 0 Å². The summed E-state index contributed by atoms with van der Waals surface area (Å²) in [5, 5.41) is 16.7. The molecule has 5 aromatic rings. The molecule has 3 amide bonds. The van der Waals surface area contributed by atoms with E-state index in [1.54, 1.807) is 23.2 Å². The molecule has 3 unspecified atom stereocenters. The van der Waals surface area contributed by atoms with E-state index in [-0.39, 0.29) is 47.1 Å². The first kappa shape index (κ1) is 43.6. The number of pyridine rings is 1. The van der Waals surface area contributed by atoms with Crippen LogP contribution in [-0.2, 0) is 22.6 Å². The number of likely N-dealkylation sites (N-methyl/N-ethyl adjacent to an activating group) is 1. The molecular weight excluding hydrogens is 850 g/mol. The molecule has 14 nitrogen and oxygen atoms in total. The topological polar surface area (TPSA) is 148 Å². The Hall–Kier alpha value is -5.93. The third-order valence-electron chi connectivity index (χ3n) is 15.8. The third-order valence-corrected chi connectivity index (χ3v) is 15.8. The molecule has 0 saturated carbocycles. The number of hydrogen-bond donors (Lipinski definition) is 2. The van der Waals surface area contributed by atoms with E-state index in [2.05, 4.69) is 33.0 Å². The molecule has 0 spiro atoms. The van der Waals surface area contributed by atoms with Crippen molar-refractivity contribution < 1.29 is 28.6 Å². The molecule has 0 aliphatic carbocycles. The highest BCUT2D eigenvalue weighted by Crippen LogP contribution is 2.41. The maximum atomic E-state index is 17.1. The zero-order valence-electron chi connectivity index (χ0n) is 38.6. The number of piperidine rings is 3. The van der Waals surface area contributed by atoms with Crippen LogP contribution in [0.3, 0.4) is 0 Å². The summed E-state index contributed by atoms with van der Waals surface area (Å²) in [6.07, 6.45) is 11.0. The van der Waals surface area contributed by atoms with Gasteiger partial charge in [0.15, 0.2) is 5.82 Å². The van der Waals surface area contributed by atoms with Crippen LogP contribution >= 0.6 is 0 Å². The number of anilines is 2. The van der Waals surface area contributed by atoms with Crippen molar-refractivity contribution in [2.24, 2.45) is 11.8 Å². The van der Waals surface area contributed by atoms with Gasteiger partial charge in [0.25, 0.3) is 11.8 Å². The van der Waals surface area contributed by atoms with Crippen LogP contribution in [0.25, 0.3) is 32.9 Å². The Bertz CT molecular complexity index is 2740. The van der Waals surface area contributed by atoms with E-state index < -0.39 is 11.9 Å². The van der Waals surface area contributed by atoms with Crippen molar-refractivity contribution in [1.29, 1.82) is 0 Å². The maximum absolute atomic E-state index is 17.1. The summed E-state index contributed by atoms with van der Waals surface area (Å²) in [6.45, 7) is 8.98. The van der Waals surface area contributed by atoms with Crippen molar-refractivity contribution >= 4 is 50.9 Å². The van der Waals surface area contributed by atoms with Crippen molar-refractivity contribution in [3.05, 3.63) is 77.2 Å². The lowest BCUT2D eigenvalue weighted by Gasteiger charge is -2.38. The van der Waals surface area contributed by atoms with Crippen molar-refractivity contribution in [1.82, 2.24) is 35.0 Å².